The molecular formula is C11H10BrClN2S. The second-order valence-corrected chi connectivity index (χ2v) is 6.27. The number of nitrogens with zero attached hydrogens (tertiary/aromatic N) is 1. The van der Waals surface area contributed by atoms with Crippen LogP contribution in [0.3, 0.4) is 0 Å². The van der Waals surface area contributed by atoms with E-state index in [1.165, 1.54) is 4.88 Å². The van der Waals surface area contributed by atoms with Crippen LogP contribution in [0.4, 0.5) is 5.69 Å². The predicted octanol–water partition coefficient (Wildman–Crippen LogP) is 4.73. The van der Waals surface area contributed by atoms with Crippen molar-refractivity contribution in [1.29, 1.82) is 0 Å². The standard InChI is InChI=1S/C11H10BrClN2S/c1-7(10-2-3-11(12)16-10)15-9-6-14-5-4-8(9)13/h2-7,15H,1H3. The Morgan fingerprint density at radius 3 is 2.88 bits per heavy atom. The number of nitrogens with one attached hydrogen (secondary N) is 1. The molecule has 2 rings (SSSR count). The summed E-state index contributed by atoms with van der Waals surface area (Å²) < 4.78 is 1.13. The Morgan fingerprint density at radius 2 is 2.25 bits per heavy atom. The molecule has 0 saturated carbocycles. The highest BCUT2D eigenvalue weighted by Gasteiger charge is 2.09. The highest BCUT2D eigenvalue weighted by molar-refractivity contribution is 9.11. The van der Waals surface area contributed by atoms with E-state index < -0.39 is 0 Å². The zero-order valence-electron chi connectivity index (χ0n) is 8.58. The van der Waals surface area contributed by atoms with Crippen molar-refractivity contribution >= 4 is 44.6 Å². The van der Waals surface area contributed by atoms with Gasteiger partial charge in [-0.05, 0) is 41.1 Å². The summed E-state index contributed by atoms with van der Waals surface area (Å²) in [5, 5.41) is 4.03. The maximum Gasteiger partial charge on any atom is 0.0721 e. The third-order valence-corrected chi connectivity index (χ3v) is 4.30. The Kier molecular flexibility index (Phi) is 3.84. The monoisotopic (exact) mass is 316 g/mol. The molecule has 0 spiro atoms. The Bertz CT molecular complexity index is 486. The van der Waals surface area contributed by atoms with E-state index >= 15 is 0 Å². The van der Waals surface area contributed by atoms with E-state index in [2.05, 4.69) is 39.2 Å². The van der Waals surface area contributed by atoms with Crippen LogP contribution in [0.1, 0.15) is 17.8 Å². The number of anilines is 1. The van der Waals surface area contributed by atoms with Crippen molar-refractivity contribution in [2.45, 2.75) is 13.0 Å². The van der Waals surface area contributed by atoms with Crippen LogP contribution in [0.2, 0.25) is 5.02 Å². The van der Waals surface area contributed by atoms with Gasteiger partial charge in [0.2, 0.25) is 0 Å². The van der Waals surface area contributed by atoms with Gasteiger partial charge in [0.25, 0.3) is 0 Å². The lowest BCUT2D eigenvalue weighted by Crippen LogP contribution is -2.05. The lowest BCUT2D eigenvalue weighted by atomic mass is 10.2. The van der Waals surface area contributed by atoms with Crippen molar-refractivity contribution in [3.05, 3.63) is 44.3 Å². The molecule has 0 saturated heterocycles. The summed E-state index contributed by atoms with van der Waals surface area (Å²) in [6.45, 7) is 2.10. The van der Waals surface area contributed by atoms with Gasteiger partial charge in [0.15, 0.2) is 0 Å². The number of thiophene rings is 1. The second kappa shape index (κ2) is 5.17. The third-order valence-electron chi connectivity index (χ3n) is 2.16. The molecule has 1 N–H and O–H groups in total. The first-order valence-corrected chi connectivity index (χ1v) is 6.77. The summed E-state index contributed by atoms with van der Waals surface area (Å²) in [5.41, 5.74) is 0.862. The minimum Gasteiger partial charge on any atom is -0.375 e. The molecule has 0 amide bonds. The van der Waals surface area contributed by atoms with Crippen LogP contribution in [-0.4, -0.2) is 4.98 Å². The van der Waals surface area contributed by atoms with Gasteiger partial charge in [-0.3, -0.25) is 4.98 Å². The Labute approximate surface area is 112 Å². The lowest BCUT2D eigenvalue weighted by molar-refractivity contribution is 0.906. The van der Waals surface area contributed by atoms with Crippen LogP contribution in [0.15, 0.2) is 34.4 Å². The van der Waals surface area contributed by atoms with Crippen molar-refractivity contribution in [2.75, 3.05) is 5.32 Å². The number of rotatable bonds is 3. The van der Waals surface area contributed by atoms with Crippen LogP contribution >= 0.6 is 38.9 Å². The van der Waals surface area contributed by atoms with E-state index in [9.17, 15) is 0 Å². The first-order valence-electron chi connectivity index (χ1n) is 4.78. The molecule has 2 nitrogen and oxygen atoms in total. The van der Waals surface area contributed by atoms with E-state index in [1.54, 1.807) is 29.8 Å². The fourth-order valence-electron chi connectivity index (χ4n) is 1.35. The summed E-state index contributed by atoms with van der Waals surface area (Å²) in [6, 6.07) is 6.14. The van der Waals surface area contributed by atoms with Gasteiger partial charge in [0.05, 0.1) is 26.7 Å². The highest BCUT2D eigenvalue weighted by Crippen LogP contribution is 2.30. The van der Waals surface area contributed by atoms with Gasteiger partial charge < -0.3 is 5.32 Å². The largest absolute Gasteiger partial charge is 0.375 e. The normalized spacial score (nSPS) is 12.4. The topological polar surface area (TPSA) is 24.9 Å². The van der Waals surface area contributed by atoms with Crippen LogP contribution in [0.5, 0.6) is 0 Å². The van der Waals surface area contributed by atoms with Crippen molar-refractivity contribution in [3.63, 3.8) is 0 Å². The van der Waals surface area contributed by atoms with Crippen molar-refractivity contribution < 1.29 is 0 Å². The molecule has 16 heavy (non-hydrogen) atoms. The molecule has 5 heteroatoms. The van der Waals surface area contributed by atoms with Crippen molar-refractivity contribution in [1.82, 2.24) is 4.98 Å². The second-order valence-electron chi connectivity index (χ2n) is 3.36. The number of halogens is 2. The maximum absolute atomic E-state index is 6.05. The number of hydrogen-bond acceptors (Lipinski definition) is 3. The van der Waals surface area contributed by atoms with Gasteiger partial charge in [0.1, 0.15) is 0 Å². The first-order chi connectivity index (χ1) is 7.66. The Hall–Kier alpha value is -0.580. The molecule has 0 aliphatic rings. The molecular weight excluding hydrogens is 308 g/mol. The SMILES string of the molecule is CC(Nc1cnccc1Cl)c1ccc(Br)s1. The molecule has 0 radical (unpaired) electrons. The first kappa shape index (κ1) is 11.9. The van der Waals surface area contributed by atoms with Crippen LogP contribution < -0.4 is 5.32 Å². The molecule has 2 aromatic heterocycles. The lowest BCUT2D eigenvalue weighted by Gasteiger charge is -2.14. The van der Waals surface area contributed by atoms with Gasteiger partial charge >= 0.3 is 0 Å². The summed E-state index contributed by atoms with van der Waals surface area (Å²) >= 11 is 11.2. The van der Waals surface area contributed by atoms with E-state index in [4.69, 9.17) is 11.6 Å². The average molecular weight is 318 g/mol. The zero-order chi connectivity index (χ0) is 11.5. The van der Waals surface area contributed by atoms with Gasteiger partial charge in [-0.2, -0.15) is 0 Å². The quantitative estimate of drug-likeness (QED) is 0.885. The smallest absolute Gasteiger partial charge is 0.0721 e. The fourth-order valence-corrected chi connectivity index (χ4v) is 2.93. The Morgan fingerprint density at radius 1 is 1.44 bits per heavy atom. The Balaban J connectivity index is 2.13. The highest BCUT2D eigenvalue weighted by atomic mass is 79.9. The number of pyridine rings is 1. The third kappa shape index (κ3) is 2.75. The molecule has 0 aliphatic heterocycles. The van der Waals surface area contributed by atoms with Gasteiger partial charge in [-0.1, -0.05) is 11.6 Å². The van der Waals surface area contributed by atoms with Crippen LogP contribution in [-0.2, 0) is 0 Å². The zero-order valence-corrected chi connectivity index (χ0v) is 11.7. The number of aromatic nitrogens is 1. The molecule has 1 unspecified atom stereocenters. The molecule has 2 heterocycles. The van der Waals surface area contributed by atoms with Crippen LogP contribution in [0, 0.1) is 0 Å². The molecule has 0 bridgehead atoms. The maximum atomic E-state index is 6.05. The molecule has 0 aromatic carbocycles. The van der Waals surface area contributed by atoms with Gasteiger partial charge in [-0.25, -0.2) is 0 Å². The van der Waals surface area contributed by atoms with Crippen molar-refractivity contribution in [3.8, 4) is 0 Å². The minimum atomic E-state index is 0.220. The summed E-state index contributed by atoms with van der Waals surface area (Å²) in [4.78, 5) is 5.30. The predicted molar refractivity (Wildman–Crippen MR) is 73.3 cm³/mol. The average Bonchev–Trinajstić information content (AvgIpc) is 2.68. The molecule has 0 fully saturated rings. The van der Waals surface area contributed by atoms with E-state index in [0.29, 0.717) is 5.02 Å². The fraction of sp³-hybridized carbons (Fsp3) is 0.182. The molecule has 2 aromatic rings. The summed E-state index contributed by atoms with van der Waals surface area (Å²) in [7, 11) is 0. The van der Waals surface area contributed by atoms with Gasteiger partial charge in [-0.15, -0.1) is 11.3 Å². The van der Waals surface area contributed by atoms with Gasteiger partial charge in [0, 0.05) is 11.1 Å². The van der Waals surface area contributed by atoms with E-state index in [0.717, 1.165) is 9.47 Å². The molecule has 1 atom stereocenters. The summed E-state index contributed by atoms with van der Waals surface area (Å²) in [6.07, 6.45) is 3.42. The van der Waals surface area contributed by atoms with Crippen LogP contribution in [0.25, 0.3) is 0 Å². The summed E-state index contributed by atoms with van der Waals surface area (Å²) in [5.74, 6) is 0. The molecule has 84 valence electrons. The minimum absolute atomic E-state index is 0.220. The molecule has 0 aliphatic carbocycles. The van der Waals surface area contributed by atoms with Crippen molar-refractivity contribution in [2.24, 2.45) is 0 Å². The van der Waals surface area contributed by atoms with E-state index in [1.807, 2.05) is 6.07 Å². The van der Waals surface area contributed by atoms with E-state index in [-0.39, 0.29) is 6.04 Å². The number of hydrogen-bond donors (Lipinski definition) is 1.